The zero-order valence-electron chi connectivity index (χ0n) is 11.2. The van der Waals surface area contributed by atoms with Gasteiger partial charge in [0.15, 0.2) is 0 Å². The zero-order chi connectivity index (χ0) is 12.3. The molecule has 1 aliphatic heterocycles. The summed E-state index contributed by atoms with van der Waals surface area (Å²) in [7, 11) is 1.99. The number of anilines is 1. The number of hydrogen-bond donors (Lipinski definition) is 1. The van der Waals surface area contributed by atoms with Gasteiger partial charge in [0, 0.05) is 25.3 Å². The van der Waals surface area contributed by atoms with Gasteiger partial charge in [0.1, 0.15) is 5.82 Å². The molecule has 17 heavy (non-hydrogen) atoms. The normalized spacial score (nSPS) is 19.9. The second kappa shape index (κ2) is 5.50. The van der Waals surface area contributed by atoms with Crippen molar-refractivity contribution in [2.45, 2.75) is 33.2 Å². The summed E-state index contributed by atoms with van der Waals surface area (Å²) in [5.41, 5.74) is 2.54. The van der Waals surface area contributed by atoms with Gasteiger partial charge in [-0.05, 0) is 43.5 Å². The van der Waals surface area contributed by atoms with Crippen LogP contribution in [-0.4, -0.2) is 25.1 Å². The maximum atomic E-state index is 4.75. The average molecular weight is 233 g/mol. The highest BCUT2D eigenvalue weighted by molar-refractivity contribution is 5.43. The summed E-state index contributed by atoms with van der Waals surface area (Å²) in [6, 6.07) is 4.44. The molecule has 1 unspecified atom stereocenters. The molecular weight excluding hydrogens is 210 g/mol. The maximum Gasteiger partial charge on any atom is 0.129 e. The van der Waals surface area contributed by atoms with Crippen molar-refractivity contribution >= 4 is 5.82 Å². The van der Waals surface area contributed by atoms with Crippen LogP contribution in [0.2, 0.25) is 0 Å². The molecule has 0 radical (unpaired) electrons. The fourth-order valence-electron chi connectivity index (χ4n) is 2.43. The molecule has 1 N–H and O–H groups in total. The largest absolute Gasteiger partial charge is 0.356 e. The molecule has 0 bridgehead atoms. The van der Waals surface area contributed by atoms with Crippen molar-refractivity contribution in [3.8, 4) is 0 Å². The lowest BCUT2D eigenvalue weighted by Gasteiger charge is -2.19. The van der Waals surface area contributed by atoms with Crippen molar-refractivity contribution in [3.05, 3.63) is 23.4 Å². The van der Waals surface area contributed by atoms with Crippen molar-refractivity contribution in [1.29, 1.82) is 0 Å². The summed E-state index contributed by atoms with van der Waals surface area (Å²) in [5.74, 6) is 1.97. The van der Waals surface area contributed by atoms with E-state index in [0.717, 1.165) is 32.0 Å². The standard InChI is InChI=1S/C14H23N3/c1-4-13-7-12(9-15-3)8-14(16-13)17-6-5-11(2)10-17/h7-8,11,15H,4-6,9-10H2,1-3H3. The summed E-state index contributed by atoms with van der Waals surface area (Å²) in [6.07, 6.45) is 2.30. The second-order valence-electron chi connectivity index (χ2n) is 5.05. The van der Waals surface area contributed by atoms with Gasteiger partial charge in [-0.3, -0.25) is 0 Å². The van der Waals surface area contributed by atoms with E-state index >= 15 is 0 Å². The first-order valence-corrected chi connectivity index (χ1v) is 6.62. The third-order valence-corrected chi connectivity index (χ3v) is 3.42. The number of pyridine rings is 1. The van der Waals surface area contributed by atoms with E-state index in [9.17, 15) is 0 Å². The van der Waals surface area contributed by atoms with E-state index in [2.05, 4.69) is 36.2 Å². The second-order valence-corrected chi connectivity index (χ2v) is 5.05. The Hall–Kier alpha value is -1.09. The summed E-state index contributed by atoms with van der Waals surface area (Å²) in [4.78, 5) is 7.17. The van der Waals surface area contributed by atoms with Crippen LogP contribution in [0.15, 0.2) is 12.1 Å². The first kappa shape index (κ1) is 12.4. The fourth-order valence-corrected chi connectivity index (χ4v) is 2.43. The summed E-state index contributed by atoms with van der Waals surface area (Å²) >= 11 is 0. The molecule has 94 valence electrons. The van der Waals surface area contributed by atoms with Gasteiger partial charge >= 0.3 is 0 Å². The topological polar surface area (TPSA) is 28.2 Å². The molecule has 0 amide bonds. The van der Waals surface area contributed by atoms with Gasteiger partial charge in [0.25, 0.3) is 0 Å². The van der Waals surface area contributed by atoms with Gasteiger partial charge in [-0.25, -0.2) is 4.98 Å². The minimum atomic E-state index is 0.801. The van der Waals surface area contributed by atoms with E-state index in [4.69, 9.17) is 4.98 Å². The van der Waals surface area contributed by atoms with Crippen molar-refractivity contribution < 1.29 is 0 Å². The maximum absolute atomic E-state index is 4.75. The number of rotatable bonds is 4. The van der Waals surface area contributed by atoms with Gasteiger partial charge in [0.2, 0.25) is 0 Å². The lowest BCUT2D eigenvalue weighted by molar-refractivity contribution is 0.658. The highest BCUT2D eigenvalue weighted by Gasteiger charge is 2.20. The van der Waals surface area contributed by atoms with E-state index in [-0.39, 0.29) is 0 Å². The number of aryl methyl sites for hydroxylation is 1. The van der Waals surface area contributed by atoms with Crippen LogP contribution in [0.5, 0.6) is 0 Å². The SMILES string of the molecule is CCc1cc(CNC)cc(N2CCC(C)C2)n1. The van der Waals surface area contributed by atoms with Crippen molar-refractivity contribution in [3.63, 3.8) is 0 Å². The molecule has 0 saturated carbocycles. The van der Waals surface area contributed by atoms with E-state index in [1.54, 1.807) is 0 Å². The van der Waals surface area contributed by atoms with E-state index in [1.165, 1.54) is 23.5 Å². The van der Waals surface area contributed by atoms with E-state index in [0.29, 0.717) is 0 Å². The molecule has 3 nitrogen and oxygen atoms in total. The molecule has 0 spiro atoms. The van der Waals surface area contributed by atoms with Gasteiger partial charge in [-0.15, -0.1) is 0 Å². The van der Waals surface area contributed by atoms with Gasteiger partial charge in [0.05, 0.1) is 0 Å². The van der Waals surface area contributed by atoms with Crippen LogP contribution in [-0.2, 0) is 13.0 Å². The predicted molar refractivity (Wildman–Crippen MR) is 72.4 cm³/mol. The quantitative estimate of drug-likeness (QED) is 0.864. The summed E-state index contributed by atoms with van der Waals surface area (Å²) in [5, 5.41) is 3.22. The summed E-state index contributed by atoms with van der Waals surface area (Å²) in [6.45, 7) is 7.71. The molecule has 3 heteroatoms. The fraction of sp³-hybridized carbons (Fsp3) is 0.643. The van der Waals surface area contributed by atoms with Gasteiger partial charge < -0.3 is 10.2 Å². The molecule has 1 aromatic rings. The number of nitrogens with one attached hydrogen (secondary N) is 1. The molecule has 2 rings (SSSR count). The Bertz CT molecular complexity index is 376. The monoisotopic (exact) mass is 233 g/mol. The number of nitrogens with zero attached hydrogens (tertiary/aromatic N) is 2. The smallest absolute Gasteiger partial charge is 0.129 e. The Kier molecular flexibility index (Phi) is 4.00. The first-order chi connectivity index (χ1) is 8.22. The highest BCUT2D eigenvalue weighted by Crippen LogP contribution is 2.23. The van der Waals surface area contributed by atoms with Crippen molar-refractivity contribution in [2.75, 3.05) is 25.0 Å². The lowest BCUT2D eigenvalue weighted by atomic mass is 10.2. The van der Waals surface area contributed by atoms with E-state index < -0.39 is 0 Å². The molecule has 2 heterocycles. The third kappa shape index (κ3) is 2.97. The van der Waals surface area contributed by atoms with Gasteiger partial charge in [-0.1, -0.05) is 13.8 Å². The lowest BCUT2D eigenvalue weighted by Crippen LogP contribution is -2.21. The van der Waals surface area contributed by atoms with Crippen LogP contribution in [0.3, 0.4) is 0 Å². The molecule has 1 fully saturated rings. The number of hydrogen-bond acceptors (Lipinski definition) is 3. The molecular formula is C14H23N3. The molecule has 0 aromatic carbocycles. The Morgan fingerprint density at radius 2 is 2.29 bits per heavy atom. The van der Waals surface area contributed by atoms with Crippen LogP contribution < -0.4 is 10.2 Å². The minimum absolute atomic E-state index is 0.801. The predicted octanol–water partition coefficient (Wildman–Crippen LogP) is 2.21. The van der Waals surface area contributed by atoms with Crippen LogP contribution in [0.4, 0.5) is 5.82 Å². The average Bonchev–Trinajstić information content (AvgIpc) is 2.76. The Balaban J connectivity index is 2.23. The van der Waals surface area contributed by atoms with Crippen LogP contribution in [0.25, 0.3) is 0 Å². The molecule has 1 aliphatic rings. The molecule has 1 saturated heterocycles. The molecule has 1 atom stereocenters. The first-order valence-electron chi connectivity index (χ1n) is 6.62. The van der Waals surface area contributed by atoms with Crippen LogP contribution in [0.1, 0.15) is 31.5 Å². The Morgan fingerprint density at radius 1 is 1.47 bits per heavy atom. The highest BCUT2D eigenvalue weighted by atomic mass is 15.2. The van der Waals surface area contributed by atoms with Crippen molar-refractivity contribution in [2.24, 2.45) is 5.92 Å². The van der Waals surface area contributed by atoms with Crippen LogP contribution in [0, 0.1) is 5.92 Å². The number of aromatic nitrogens is 1. The Labute approximate surface area is 104 Å². The molecule has 0 aliphatic carbocycles. The minimum Gasteiger partial charge on any atom is -0.356 e. The third-order valence-electron chi connectivity index (χ3n) is 3.42. The molecule has 1 aromatic heterocycles. The van der Waals surface area contributed by atoms with Gasteiger partial charge in [-0.2, -0.15) is 0 Å². The van der Waals surface area contributed by atoms with Crippen LogP contribution >= 0.6 is 0 Å². The zero-order valence-corrected chi connectivity index (χ0v) is 11.2. The van der Waals surface area contributed by atoms with Crippen molar-refractivity contribution in [1.82, 2.24) is 10.3 Å². The Morgan fingerprint density at radius 3 is 2.88 bits per heavy atom. The summed E-state index contributed by atoms with van der Waals surface area (Å²) < 4.78 is 0. The van der Waals surface area contributed by atoms with E-state index in [1.807, 2.05) is 7.05 Å².